The molecule has 1 saturated heterocycles. The zero-order chi connectivity index (χ0) is 12.4. The molecule has 2 rings (SSSR count). The molecule has 5 nitrogen and oxygen atoms in total. The van der Waals surface area contributed by atoms with Gasteiger partial charge >= 0.3 is 5.97 Å². The molecule has 0 radical (unpaired) electrons. The monoisotopic (exact) mass is 236 g/mol. The first kappa shape index (κ1) is 11.7. The Balaban J connectivity index is 2.14. The van der Waals surface area contributed by atoms with E-state index in [1.807, 2.05) is 19.3 Å². The van der Waals surface area contributed by atoms with Gasteiger partial charge in [0.05, 0.1) is 6.42 Å². The molecule has 0 bridgehead atoms. The summed E-state index contributed by atoms with van der Waals surface area (Å²) in [6.45, 7) is 0.655. The molecule has 1 unspecified atom stereocenters. The summed E-state index contributed by atoms with van der Waals surface area (Å²) < 4.78 is 1.76. The fourth-order valence-electron chi connectivity index (χ4n) is 2.35. The molecule has 92 valence electrons. The van der Waals surface area contributed by atoms with Gasteiger partial charge in [0.25, 0.3) is 5.91 Å². The van der Waals surface area contributed by atoms with Crippen LogP contribution in [0, 0.1) is 0 Å². The zero-order valence-electron chi connectivity index (χ0n) is 9.80. The van der Waals surface area contributed by atoms with E-state index in [1.54, 1.807) is 15.5 Å². The van der Waals surface area contributed by atoms with Gasteiger partial charge in [-0.05, 0) is 25.0 Å². The van der Waals surface area contributed by atoms with Gasteiger partial charge in [0.15, 0.2) is 0 Å². The topological polar surface area (TPSA) is 62.5 Å². The fraction of sp³-hybridized carbons (Fsp3) is 0.500. The first-order valence-electron chi connectivity index (χ1n) is 5.73. The van der Waals surface area contributed by atoms with E-state index < -0.39 is 5.97 Å². The van der Waals surface area contributed by atoms with Crippen LogP contribution < -0.4 is 0 Å². The summed E-state index contributed by atoms with van der Waals surface area (Å²) in [6, 6.07) is 3.42. The molecule has 1 amide bonds. The molecule has 1 aromatic heterocycles. The van der Waals surface area contributed by atoms with Gasteiger partial charge in [-0.2, -0.15) is 0 Å². The van der Waals surface area contributed by atoms with Crippen molar-refractivity contribution >= 4 is 11.9 Å². The maximum Gasteiger partial charge on any atom is 0.305 e. The summed E-state index contributed by atoms with van der Waals surface area (Å²) in [5, 5.41) is 8.82. The van der Waals surface area contributed by atoms with Crippen LogP contribution in [0.4, 0.5) is 0 Å². The Kier molecular flexibility index (Phi) is 3.17. The lowest BCUT2D eigenvalue weighted by atomic mass is 10.1. The fourth-order valence-corrected chi connectivity index (χ4v) is 2.35. The molecular formula is C12H16N2O3. The molecule has 2 heterocycles. The number of aliphatic carboxylic acids is 1. The third kappa shape index (κ3) is 2.33. The molecule has 1 aliphatic heterocycles. The smallest absolute Gasteiger partial charge is 0.305 e. The van der Waals surface area contributed by atoms with Crippen molar-refractivity contribution in [1.29, 1.82) is 0 Å². The number of nitrogens with zero attached hydrogens (tertiary/aromatic N) is 2. The van der Waals surface area contributed by atoms with Crippen LogP contribution in [-0.4, -0.2) is 39.0 Å². The summed E-state index contributed by atoms with van der Waals surface area (Å²) in [7, 11) is 1.81. The first-order valence-corrected chi connectivity index (χ1v) is 5.73. The second-order valence-electron chi connectivity index (χ2n) is 4.40. The van der Waals surface area contributed by atoms with Crippen molar-refractivity contribution in [2.75, 3.05) is 6.54 Å². The number of rotatable bonds is 3. The van der Waals surface area contributed by atoms with Crippen LogP contribution >= 0.6 is 0 Å². The minimum atomic E-state index is -0.846. The highest BCUT2D eigenvalue weighted by Gasteiger charge is 2.31. The molecule has 1 aromatic rings. The van der Waals surface area contributed by atoms with E-state index in [1.165, 1.54) is 0 Å². The van der Waals surface area contributed by atoms with Crippen LogP contribution in [-0.2, 0) is 11.8 Å². The molecule has 5 heteroatoms. The van der Waals surface area contributed by atoms with Crippen molar-refractivity contribution < 1.29 is 14.7 Å². The zero-order valence-corrected chi connectivity index (χ0v) is 9.80. The van der Waals surface area contributed by atoms with Gasteiger partial charge in [-0.25, -0.2) is 0 Å². The maximum absolute atomic E-state index is 12.2. The minimum Gasteiger partial charge on any atom is -0.481 e. The van der Waals surface area contributed by atoms with Crippen LogP contribution in [0.15, 0.2) is 18.3 Å². The average molecular weight is 236 g/mol. The molecule has 1 fully saturated rings. The first-order chi connectivity index (χ1) is 8.09. The predicted octanol–water partition coefficient (Wildman–Crippen LogP) is 1.10. The highest BCUT2D eigenvalue weighted by molar-refractivity contribution is 5.93. The summed E-state index contributed by atoms with van der Waals surface area (Å²) in [5.41, 5.74) is 0.613. The average Bonchev–Trinajstić information content (AvgIpc) is 2.85. The van der Waals surface area contributed by atoms with E-state index in [9.17, 15) is 9.59 Å². The highest BCUT2D eigenvalue weighted by Crippen LogP contribution is 2.22. The summed E-state index contributed by atoms with van der Waals surface area (Å²) in [5.74, 6) is -0.914. The van der Waals surface area contributed by atoms with Crippen molar-refractivity contribution in [3.05, 3.63) is 24.0 Å². The van der Waals surface area contributed by atoms with Crippen LogP contribution in [0.2, 0.25) is 0 Å². The normalized spacial score (nSPS) is 19.6. The number of carboxylic acid groups (broad SMARTS) is 1. The molecule has 1 aliphatic rings. The quantitative estimate of drug-likeness (QED) is 0.855. The van der Waals surface area contributed by atoms with Gasteiger partial charge in [-0.1, -0.05) is 0 Å². The van der Waals surface area contributed by atoms with E-state index in [-0.39, 0.29) is 18.4 Å². The van der Waals surface area contributed by atoms with Gasteiger partial charge in [0.1, 0.15) is 5.69 Å². The molecule has 1 N–H and O–H groups in total. The minimum absolute atomic E-state index is 0.0379. The van der Waals surface area contributed by atoms with Gasteiger partial charge in [-0.3, -0.25) is 9.59 Å². The van der Waals surface area contributed by atoms with Crippen LogP contribution in [0.5, 0.6) is 0 Å². The third-order valence-electron chi connectivity index (χ3n) is 3.21. The highest BCUT2D eigenvalue weighted by atomic mass is 16.4. The molecule has 0 aromatic carbocycles. The Morgan fingerprint density at radius 1 is 1.53 bits per heavy atom. The number of aromatic nitrogens is 1. The van der Waals surface area contributed by atoms with E-state index in [4.69, 9.17) is 5.11 Å². The number of carbonyl (C=O) groups excluding carboxylic acids is 1. The van der Waals surface area contributed by atoms with Crippen molar-refractivity contribution in [2.24, 2.45) is 7.05 Å². The number of carbonyl (C=O) groups is 2. The second kappa shape index (κ2) is 4.61. The number of likely N-dealkylation sites (tertiary alicyclic amines) is 1. The van der Waals surface area contributed by atoms with Crippen molar-refractivity contribution in [2.45, 2.75) is 25.3 Å². The Hall–Kier alpha value is -1.78. The number of carboxylic acids is 1. The summed E-state index contributed by atoms with van der Waals surface area (Å²) >= 11 is 0. The Morgan fingerprint density at radius 3 is 2.88 bits per heavy atom. The van der Waals surface area contributed by atoms with Crippen LogP contribution in [0.3, 0.4) is 0 Å². The van der Waals surface area contributed by atoms with Gasteiger partial charge in [-0.15, -0.1) is 0 Å². The summed E-state index contributed by atoms with van der Waals surface area (Å²) in [4.78, 5) is 24.7. The van der Waals surface area contributed by atoms with Crippen molar-refractivity contribution in [3.8, 4) is 0 Å². The molecule has 17 heavy (non-hydrogen) atoms. The van der Waals surface area contributed by atoms with Crippen molar-refractivity contribution in [1.82, 2.24) is 9.47 Å². The van der Waals surface area contributed by atoms with E-state index >= 15 is 0 Å². The number of aryl methyl sites for hydroxylation is 1. The second-order valence-corrected chi connectivity index (χ2v) is 4.40. The molecule has 0 saturated carbocycles. The lowest BCUT2D eigenvalue weighted by molar-refractivity contribution is -0.137. The number of amides is 1. The molecule has 0 spiro atoms. The molecule has 1 atom stereocenters. The largest absolute Gasteiger partial charge is 0.481 e. The Morgan fingerprint density at radius 2 is 2.29 bits per heavy atom. The maximum atomic E-state index is 12.2. The lowest BCUT2D eigenvalue weighted by Gasteiger charge is -2.23. The SMILES string of the molecule is Cn1cccc1C(=O)N1CCCC1CC(=O)O. The van der Waals surface area contributed by atoms with E-state index in [2.05, 4.69) is 0 Å². The standard InChI is InChI=1S/C12H16N2O3/c1-13-6-3-5-10(13)12(17)14-7-2-4-9(14)8-11(15)16/h3,5-6,9H,2,4,7-8H2,1H3,(H,15,16). The van der Waals surface area contributed by atoms with E-state index in [0.717, 1.165) is 12.8 Å². The number of hydrogen-bond acceptors (Lipinski definition) is 2. The van der Waals surface area contributed by atoms with Gasteiger partial charge in [0, 0.05) is 25.8 Å². The molecule has 0 aliphatic carbocycles. The predicted molar refractivity (Wildman–Crippen MR) is 61.7 cm³/mol. The van der Waals surface area contributed by atoms with Gasteiger partial charge < -0.3 is 14.6 Å². The Labute approximate surface area is 99.6 Å². The lowest BCUT2D eigenvalue weighted by Crippen LogP contribution is -2.37. The van der Waals surface area contributed by atoms with Crippen molar-refractivity contribution in [3.63, 3.8) is 0 Å². The van der Waals surface area contributed by atoms with Crippen LogP contribution in [0.1, 0.15) is 29.8 Å². The molecular weight excluding hydrogens is 220 g/mol. The number of hydrogen-bond donors (Lipinski definition) is 1. The summed E-state index contributed by atoms with van der Waals surface area (Å²) in [6.07, 6.45) is 3.52. The van der Waals surface area contributed by atoms with E-state index in [0.29, 0.717) is 12.2 Å². The van der Waals surface area contributed by atoms with Crippen LogP contribution in [0.25, 0.3) is 0 Å². The Bertz CT molecular complexity index is 439. The third-order valence-corrected chi connectivity index (χ3v) is 3.21. The van der Waals surface area contributed by atoms with Gasteiger partial charge in [0.2, 0.25) is 0 Å².